The van der Waals surface area contributed by atoms with E-state index in [4.69, 9.17) is 4.98 Å². The summed E-state index contributed by atoms with van der Waals surface area (Å²) >= 11 is 0. The molecular formula is C21H31IN6O. The molecule has 8 heteroatoms. The topological polar surface area (TPSA) is 74.6 Å². The fourth-order valence-electron chi connectivity index (χ4n) is 4.41. The number of halogens is 1. The van der Waals surface area contributed by atoms with E-state index in [0.29, 0.717) is 12.5 Å². The number of aromatic nitrogens is 2. The van der Waals surface area contributed by atoms with Crippen LogP contribution < -0.4 is 10.6 Å². The maximum Gasteiger partial charge on any atom is 0.225 e. The van der Waals surface area contributed by atoms with Crippen molar-refractivity contribution in [2.24, 2.45) is 18.0 Å². The van der Waals surface area contributed by atoms with E-state index in [-0.39, 0.29) is 35.9 Å². The maximum atomic E-state index is 12.6. The normalized spacial score (nSPS) is 20.1. The number of guanidine groups is 1. The lowest BCUT2D eigenvalue weighted by Crippen LogP contribution is -2.45. The van der Waals surface area contributed by atoms with E-state index in [2.05, 4.69) is 26.3 Å². The summed E-state index contributed by atoms with van der Waals surface area (Å²) < 4.78 is 2.10. The van der Waals surface area contributed by atoms with Gasteiger partial charge in [-0.3, -0.25) is 9.79 Å². The average molecular weight is 510 g/mol. The van der Waals surface area contributed by atoms with E-state index < -0.39 is 0 Å². The Hall–Kier alpha value is -1.84. The van der Waals surface area contributed by atoms with Gasteiger partial charge in [-0.1, -0.05) is 25.0 Å². The number of hydrogen-bond donors (Lipinski definition) is 2. The molecule has 1 unspecified atom stereocenters. The summed E-state index contributed by atoms with van der Waals surface area (Å²) in [6.07, 6.45) is 5.49. The number of aryl methyl sites for hydroxylation is 1. The van der Waals surface area contributed by atoms with Gasteiger partial charge in [0.25, 0.3) is 0 Å². The van der Waals surface area contributed by atoms with Crippen LogP contribution in [0.1, 0.15) is 37.9 Å². The largest absolute Gasteiger partial charge is 0.352 e. The van der Waals surface area contributed by atoms with Gasteiger partial charge in [0.1, 0.15) is 5.82 Å². The lowest BCUT2D eigenvalue weighted by Gasteiger charge is -2.21. The average Bonchev–Trinajstić information content (AvgIpc) is 3.46. The molecule has 1 aliphatic carbocycles. The first-order valence-corrected chi connectivity index (χ1v) is 10.3. The second kappa shape index (κ2) is 9.77. The van der Waals surface area contributed by atoms with Crippen LogP contribution in [0.2, 0.25) is 0 Å². The van der Waals surface area contributed by atoms with Gasteiger partial charge < -0.3 is 20.1 Å². The third-order valence-electron chi connectivity index (χ3n) is 6.06. The minimum absolute atomic E-state index is 0. The zero-order valence-corrected chi connectivity index (χ0v) is 19.6. The maximum absolute atomic E-state index is 12.6. The molecule has 0 bridgehead atoms. The Labute approximate surface area is 189 Å². The van der Waals surface area contributed by atoms with Gasteiger partial charge in [-0.2, -0.15) is 0 Å². The Morgan fingerprint density at radius 1 is 1.24 bits per heavy atom. The van der Waals surface area contributed by atoms with Crippen molar-refractivity contribution in [3.63, 3.8) is 0 Å². The third kappa shape index (κ3) is 4.84. The molecule has 2 fully saturated rings. The van der Waals surface area contributed by atoms with Crippen LogP contribution in [0, 0.1) is 5.92 Å². The van der Waals surface area contributed by atoms with Gasteiger partial charge in [0.2, 0.25) is 5.91 Å². The second-order valence-corrected chi connectivity index (χ2v) is 7.90. The number of nitrogens with zero attached hydrogens (tertiary/aromatic N) is 4. The van der Waals surface area contributed by atoms with Gasteiger partial charge in [0.05, 0.1) is 17.6 Å². The first-order chi connectivity index (χ1) is 13.7. The van der Waals surface area contributed by atoms with Crippen molar-refractivity contribution in [1.82, 2.24) is 25.1 Å². The number of imidazole rings is 1. The van der Waals surface area contributed by atoms with Crippen molar-refractivity contribution in [3.05, 3.63) is 30.1 Å². The van der Waals surface area contributed by atoms with Crippen molar-refractivity contribution in [1.29, 1.82) is 0 Å². The number of carbonyl (C=O) groups is 1. The number of benzene rings is 1. The number of carbonyl (C=O) groups excluding carboxylic acids is 1. The summed E-state index contributed by atoms with van der Waals surface area (Å²) in [5.41, 5.74) is 2.13. The number of hydrogen-bond acceptors (Lipinski definition) is 3. The van der Waals surface area contributed by atoms with Crippen LogP contribution in [0.5, 0.6) is 0 Å². The fraction of sp³-hybridized carbons (Fsp3) is 0.571. The zero-order valence-electron chi connectivity index (χ0n) is 17.2. The SMILES string of the molecule is CN=C(NCc1nc2ccccc2n1C)NC1CCN(C(=O)C2CCCC2)C1.I. The van der Waals surface area contributed by atoms with E-state index in [0.717, 1.165) is 55.2 Å². The van der Waals surface area contributed by atoms with Crippen molar-refractivity contribution >= 4 is 46.9 Å². The summed E-state index contributed by atoms with van der Waals surface area (Å²) in [5, 5.41) is 6.84. The monoisotopic (exact) mass is 510 g/mol. The van der Waals surface area contributed by atoms with Crippen molar-refractivity contribution in [2.45, 2.75) is 44.7 Å². The van der Waals surface area contributed by atoms with Crippen molar-refractivity contribution in [3.8, 4) is 0 Å². The van der Waals surface area contributed by atoms with Crippen LogP contribution >= 0.6 is 24.0 Å². The van der Waals surface area contributed by atoms with Gasteiger partial charge in [-0.15, -0.1) is 24.0 Å². The van der Waals surface area contributed by atoms with Crippen LogP contribution in [-0.4, -0.2) is 52.5 Å². The molecule has 0 radical (unpaired) electrons. The summed E-state index contributed by atoms with van der Waals surface area (Å²) in [6, 6.07) is 8.39. The van der Waals surface area contributed by atoms with Crippen LogP contribution in [0.15, 0.2) is 29.3 Å². The lowest BCUT2D eigenvalue weighted by atomic mass is 10.1. The summed E-state index contributed by atoms with van der Waals surface area (Å²) in [4.78, 5) is 23.7. The van der Waals surface area contributed by atoms with E-state index in [9.17, 15) is 4.79 Å². The molecule has 7 nitrogen and oxygen atoms in total. The number of para-hydroxylation sites is 2. The first kappa shape index (κ1) is 21.9. The van der Waals surface area contributed by atoms with Gasteiger partial charge >= 0.3 is 0 Å². The first-order valence-electron chi connectivity index (χ1n) is 10.3. The second-order valence-electron chi connectivity index (χ2n) is 7.90. The molecule has 1 aromatic heterocycles. The summed E-state index contributed by atoms with van der Waals surface area (Å²) in [6.45, 7) is 2.21. The molecular weight excluding hydrogens is 479 g/mol. The number of amides is 1. The molecule has 0 spiro atoms. The van der Waals surface area contributed by atoms with Crippen molar-refractivity contribution in [2.75, 3.05) is 20.1 Å². The predicted molar refractivity (Wildman–Crippen MR) is 126 cm³/mol. The van der Waals surface area contributed by atoms with Gasteiger partial charge in [-0.25, -0.2) is 4.98 Å². The number of rotatable bonds is 4. The van der Waals surface area contributed by atoms with Crippen molar-refractivity contribution < 1.29 is 4.79 Å². The molecule has 1 saturated heterocycles. The minimum Gasteiger partial charge on any atom is -0.352 e. The number of fused-ring (bicyclic) bond motifs is 1. The van der Waals surface area contributed by atoms with E-state index >= 15 is 0 Å². The van der Waals surface area contributed by atoms with Crippen LogP contribution in [-0.2, 0) is 18.4 Å². The molecule has 1 atom stereocenters. The number of nitrogens with one attached hydrogen (secondary N) is 2. The molecule has 4 rings (SSSR count). The predicted octanol–water partition coefficient (Wildman–Crippen LogP) is 2.65. The molecule has 1 amide bonds. The van der Waals surface area contributed by atoms with Crippen LogP contribution in [0.4, 0.5) is 0 Å². The molecule has 2 N–H and O–H groups in total. The highest BCUT2D eigenvalue weighted by atomic mass is 127. The Morgan fingerprint density at radius 2 is 2.00 bits per heavy atom. The smallest absolute Gasteiger partial charge is 0.225 e. The molecule has 2 aromatic rings. The Bertz CT molecular complexity index is 873. The Morgan fingerprint density at radius 3 is 2.72 bits per heavy atom. The quantitative estimate of drug-likeness (QED) is 0.377. The zero-order chi connectivity index (χ0) is 19.5. The van der Waals surface area contributed by atoms with E-state index in [1.165, 1.54) is 12.8 Å². The summed E-state index contributed by atoms with van der Waals surface area (Å²) in [5.74, 6) is 2.33. The van der Waals surface area contributed by atoms with E-state index in [1.807, 2.05) is 30.1 Å². The number of aliphatic imine (C=N–C) groups is 1. The molecule has 2 aliphatic rings. The Balaban J connectivity index is 0.00000240. The molecule has 1 aliphatic heterocycles. The lowest BCUT2D eigenvalue weighted by molar-refractivity contribution is -0.134. The number of likely N-dealkylation sites (tertiary alicyclic amines) is 1. The fourth-order valence-corrected chi connectivity index (χ4v) is 4.41. The van der Waals surface area contributed by atoms with E-state index in [1.54, 1.807) is 7.05 Å². The minimum atomic E-state index is 0. The van der Waals surface area contributed by atoms with Gasteiger partial charge in [-0.05, 0) is 31.4 Å². The molecule has 1 aromatic carbocycles. The van der Waals surface area contributed by atoms with Crippen LogP contribution in [0.25, 0.3) is 11.0 Å². The summed E-state index contributed by atoms with van der Waals surface area (Å²) in [7, 11) is 3.81. The molecule has 1 saturated carbocycles. The molecule has 158 valence electrons. The highest BCUT2D eigenvalue weighted by Gasteiger charge is 2.32. The third-order valence-corrected chi connectivity index (χ3v) is 6.06. The molecule has 29 heavy (non-hydrogen) atoms. The standard InChI is InChI=1S/C21H30N6O.HI/c1-22-21(23-13-19-25-17-9-5-6-10-18(17)26(19)2)24-16-11-12-27(14-16)20(28)15-7-3-4-8-15;/h5-6,9-10,15-16H,3-4,7-8,11-14H2,1-2H3,(H2,22,23,24);1H. The highest BCUT2D eigenvalue weighted by Crippen LogP contribution is 2.27. The highest BCUT2D eigenvalue weighted by molar-refractivity contribution is 14.0. The van der Waals surface area contributed by atoms with Crippen LogP contribution in [0.3, 0.4) is 0 Å². The molecule has 2 heterocycles. The van der Waals surface area contributed by atoms with Gasteiger partial charge in [0.15, 0.2) is 5.96 Å². The van der Waals surface area contributed by atoms with Gasteiger partial charge in [0, 0.05) is 39.1 Å². The Kier molecular flexibility index (Phi) is 7.37.